The number of nitrogens with two attached hydrogens (primary N) is 1. The van der Waals surface area contributed by atoms with E-state index in [4.69, 9.17) is 5.73 Å². The molecule has 0 fully saturated rings. The molecule has 78 valence electrons. The molecule has 0 aliphatic carbocycles. The van der Waals surface area contributed by atoms with Crippen LogP contribution in [0.15, 0.2) is 29.6 Å². The first-order valence-corrected chi connectivity index (χ1v) is 5.72. The first-order valence-electron chi connectivity index (χ1n) is 4.84. The summed E-state index contributed by atoms with van der Waals surface area (Å²) in [5.74, 6) is 0. The molecule has 1 heterocycles. The third-order valence-corrected chi connectivity index (χ3v) is 3.52. The van der Waals surface area contributed by atoms with Gasteiger partial charge in [-0.1, -0.05) is 6.07 Å². The standard InChI is InChI=1S/C12H13NOS/c1-12(13,5-6-14)10-2-3-11-9(8-10)4-7-15-11/h2-4,6-8H,5,13H2,1H3/t12-/m0/s1. The number of thiophene rings is 1. The molecule has 1 atom stereocenters. The smallest absolute Gasteiger partial charge is 0.122 e. The first kappa shape index (κ1) is 10.3. The molecule has 0 unspecified atom stereocenters. The molecule has 0 amide bonds. The van der Waals surface area contributed by atoms with Crippen LogP contribution in [-0.2, 0) is 10.3 Å². The molecule has 2 aromatic rings. The van der Waals surface area contributed by atoms with Crippen LogP contribution in [0.25, 0.3) is 10.1 Å². The van der Waals surface area contributed by atoms with Crippen molar-refractivity contribution in [1.82, 2.24) is 0 Å². The van der Waals surface area contributed by atoms with Crippen LogP contribution in [0.2, 0.25) is 0 Å². The summed E-state index contributed by atoms with van der Waals surface area (Å²) in [7, 11) is 0. The third kappa shape index (κ3) is 1.94. The van der Waals surface area contributed by atoms with Crippen molar-refractivity contribution in [3.05, 3.63) is 35.2 Å². The molecule has 0 spiro atoms. The van der Waals surface area contributed by atoms with Crippen molar-refractivity contribution in [3.63, 3.8) is 0 Å². The van der Waals surface area contributed by atoms with E-state index in [0.717, 1.165) is 11.8 Å². The zero-order valence-electron chi connectivity index (χ0n) is 8.57. The zero-order valence-corrected chi connectivity index (χ0v) is 9.38. The van der Waals surface area contributed by atoms with E-state index in [-0.39, 0.29) is 0 Å². The molecule has 0 aliphatic rings. The number of fused-ring (bicyclic) bond motifs is 1. The van der Waals surface area contributed by atoms with Crippen LogP contribution in [0, 0.1) is 0 Å². The molecule has 0 radical (unpaired) electrons. The van der Waals surface area contributed by atoms with Gasteiger partial charge in [-0.05, 0) is 41.5 Å². The lowest BCUT2D eigenvalue weighted by molar-refractivity contribution is -0.108. The van der Waals surface area contributed by atoms with Gasteiger partial charge in [-0.3, -0.25) is 0 Å². The molecule has 15 heavy (non-hydrogen) atoms. The fourth-order valence-electron chi connectivity index (χ4n) is 1.61. The van der Waals surface area contributed by atoms with E-state index in [2.05, 4.69) is 23.6 Å². The average molecular weight is 219 g/mol. The van der Waals surface area contributed by atoms with Crippen LogP contribution in [0.1, 0.15) is 18.9 Å². The Balaban J connectivity index is 2.47. The van der Waals surface area contributed by atoms with Crippen LogP contribution >= 0.6 is 11.3 Å². The Morgan fingerprint density at radius 2 is 2.27 bits per heavy atom. The van der Waals surface area contributed by atoms with Crippen molar-refractivity contribution < 1.29 is 4.79 Å². The number of benzene rings is 1. The van der Waals surface area contributed by atoms with Crippen molar-refractivity contribution >= 4 is 27.7 Å². The number of rotatable bonds is 3. The van der Waals surface area contributed by atoms with Gasteiger partial charge in [0, 0.05) is 16.7 Å². The number of carbonyl (C=O) groups is 1. The zero-order chi connectivity index (χ0) is 10.9. The van der Waals surface area contributed by atoms with Gasteiger partial charge >= 0.3 is 0 Å². The summed E-state index contributed by atoms with van der Waals surface area (Å²) < 4.78 is 1.25. The van der Waals surface area contributed by atoms with E-state index >= 15 is 0 Å². The number of aldehydes is 1. The molecule has 2 rings (SSSR count). The summed E-state index contributed by atoms with van der Waals surface area (Å²) in [5.41, 5.74) is 6.54. The maximum atomic E-state index is 10.5. The minimum absolute atomic E-state index is 0.350. The van der Waals surface area contributed by atoms with Gasteiger partial charge < -0.3 is 10.5 Å². The Hall–Kier alpha value is -1.19. The Morgan fingerprint density at radius 3 is 3.00 bits per heavy atom. The Kier molecular flexibility index (Phi) is 2.59. The highest BCUT2D eigenvalue weighted by Gasteiger charge is 2.20. The molecule has 0 aliphatic heterocycles. The molecule has 0 saturated heterocycles. The van der Waals surface area contributed by atoms with Crippen molar-refractivity contribution in [2.24, 2.45) is 5.73 Å². The number of carbonyl (C=O) groups excluding carboxylic acids is 1. The summed E-state index contributed by atoms with van der Waals surface area (Å²) in [6, 6.07) is 8.20. The molecule has 0 saturated carbocycles. The molecular formula is C12H13NOS. The summed E-state index contributed by atoms with van der Waals surface area (Å²) in [6.07, 6.45) is 1.22. The molecule has 3 heteroatoms. The summed E-state index contributed by atoms with van der Waals surface area (Å²) >= 11 is 1.71. The monoisotopic (exact) mass is 219 g/mol. The first-order chi connectivity index (χ1) is 7.13. The van der Waals surface area contributed by atoms with E-state index in [9.17, 15) is 4.79 Å². The van der Waals surface area contributed by atoms with Gasteiger partial charge in [-0.15, -0.1) is 11.3 Å². The minimum atomic E-state index is -0.558. The molecule has 2 N–H and O–H groups in total. The lowest BCUT2D eigenvalue weighted by atomic mass is 9.90. The second-order valence-corrected chi connectivity index (χ2v) is 4.91. The number of hydrogen-bond donors (Lipinski definition) is 1. The van der Waals surface area contributed by atoms with Gasteiger partial charge in [-0.25, -0.2) is 0 Å². The van der Waals surface area contributed by atoms with E-state index < -0.39 is 5.54 Å². The summed E-state index contributed by atoms with van der Waals surface area (Å²) in [4.78, 5) is 10.5. The predicted octanol–water partition coefficient (Wildman–Crippen LogP) is 2.66. The summed E-state index contributed by atoms with van der Waals surface area (Å²) in [6.45, 7) is 1.88. The highest BCUT2D eigenvalue weighted by atomic mass is 32.1. The molecule has 2 nitrogen and oxygen atoms in total. The fraction of sp³-hybridized carbons (Fsp3) is 0.250. The van der Waals surface area contributed by atoms with Crippen LogP contribution < -0.4 is 5.73 Å². The predicted molar refractivity (Wildman–Crippen MR) is 64.0 cm³/mol. The second-order valence-electron chi connectivity index (χ2n) is 3.96. The van der Waals surface area contributed by atoms with Gasteiger partial charge in [0.2, 0.25) is 0 Å². The highest BCUT2D eigenvalue weighted by molar-refractivity contribution is 7.17. The van der Waals surface area contributed by atoms with E-state index in [1.54, 1.807) is 11.3 Å². The van der Waals surface area contributed by atoms with Crippen molar-refractivity contribution in [1.29, 1.82) is 0 Å². The molecule has 0 bridgehead atoms. The van der Waals surface area contributed by atoms with Gasteiger partial charge in [0.25, 0.3) is 0 Å². The Labute approximate surface area is 92.7 Å². The average Bonchev–Trinajstić information content (AvgIpc) is 2.63. The SMILES string of the molecule is C[C@](N)(CC=O)c1ccc2sccc2c1. The lowest BCUT2D eigenvalue weighted by Crippen LogP contribution is -2.33. The van der Waals surface area contributed by atoms with Gasteiger partial charge in [-0.2, -0.15) is 0 Å². The van der Waals surface area contributed by atoms with Crippen molar-refractivity contribution in [2.75, 3.05) is 0 Å². The summed E-state index contributed by atoms with van der Waals surface area (Å²) in [5, 5.41) is 3.25. The maximum absolute atomic E-state index is 10.5. The molecule has 1 aromatic heterocycles. The Morgan fingerprint density at radius 1 is 1.47 bits per heavy atom. The highest BCUT2D eigenvalue weighted by Crippen LogP contribution is 2.27. The van der Waals surface area contributed by atoms with Crippen LogP contribution in [-0.4, -0.2) is 6.29 Å². The number of hydrogen-bond acceptors (Lipinski definition) is 3. The van der Waals surface area contributed by atoms with Gasteiger partial charge in [0.1, 0.15) is 6.29 Å². The Bertz CT molecular complexity index is 487. The van der Waals surface area contributed by atoms with Crippen LogP contribution in [0.3, 0.4) is 0 Å². The topological polar surface area (TPSA) is 43.1 Å². The van der Waals surface area contributed by atoms with Crippen LogP contribution in [0.5, 0.6) is 0 Å². The van der Waals surface area contributed by atoms with E-state index in [0.29, 0.717) is 6.42 Å². The lowest BCUT2D eigenvalue weighted by Gasteiger charge is -2.22. The van der Waals surface area contributed by atoms with Gasteiger partial charge in [0.15, 0.2) is 0 Å². The van der Waals surface area contributed by atoms with E-state index in [1.807, 2.05) is 13.0 Å². The third-order valence-electron chi connectivity index (χ3n) is 2.62. The quantitative estimate of drug-likeness (QED) is 0.806. The normalized spacial score (nSPS) is 15.1. The minimum Gasteiger partial charge on any atom is -0.321 e. The molecule has 1 aromatic carbocycles. The van der Waals surface area contributed by atoms with Gasteiger partial charge in [0.05, 0.1) is 0 Å². The van der Waals surface area contributed by atoms with E-state index in [1.165, 1.54) is 10.1 Å². The largest absolute Gasteiger partial charge is 0.321 e. The van der Waals surface area contributed by atoms with Crippen molar-refractivity contribution in [2.45, 2.75) is 18.9 Å². The van der Waals surface area contributed by atoms with Crippen LogP contribution in [0.4, 0.5) is 0 Å². The molecular weight excluding hydrogens is 206 g/mol. The second kappa shape index (κ2) is 3.76. The fourth-order valence-corrected chi connectivity index (χ4v) is 2.38. The van der Waals surface area contributed by atoms with Crippen molar-refractivity contribution in [3.8, 4) is 0 Å². The maximum Gasteiger partial charge on any atom is 0.122 e.